The lowest BCUT2D eigenvalue weighted by molar-refractivity contribution is -0.904. The molecule has 2 aliphatic rings. The fraction of sp³-hybridized carbons (Fsp3) is 0.632. The number of likely N-dealkylation sites (tertiary alicyclic amines) is 1. The van der Waals surface area contributed by atoms with Crippen molar-refractivity contribution in [3.05, 3.63) is 29.3 Å². The largest absolute Gasteiger partial charge is 0.335 e. The van der Waals surface area contributed by atoms with E-state index >= 15 is 0 Å². The average Bonchev–Trinajstić information content (AvgIpc) is 2.61. The quantitative estimate of drug-likeness (QED) is 0.790. The van der Waals surface area contributed by atoms with E-state index in [1.54, 1.807) is 23.1 Å². The van der Waals surface area contributed by atoms with E-state index in [1.807, 2.05) is 0 Å². The molecule has 0 saturated carbocycles. The molecule has 1 aromatic rings. The summed E-state index contributed by atoms with van der Waals surface area (Å²) in [6.45, 7) is 8.56. The van der Waals surface area contributed by atoms with Gasteiger partial charge in [0.05, 0.1) is 18.1 Å². The maximum atomic E-state index is 12.8. The first-order valence-electron chi connectivity index (χ1n) is 9.63. The maximum absolute atomic E-state index is 12.8. The van der Waals surface area contributed by atoms with Crippen LogP contribution in [-0.2, 0) is 14.8 Å². The lowest BCUT2D eigenvalue weighted by Gasteiger charge is -2.36. The molecule has 6 nitrogen and oxygen atoms in total. The number of quaternary nitrogens is 1. The van der Waals surface area contributed by atoms with Gasteiger partial charge in [-0.15, -0.1) is 0 Å². The number of hydrogen-bond acceptors (Lipinski definition) is 3. The van der Waals surface area contributed by atoms with Crippen molar-refractivity contribution in [2.45, 2.75) is 25.2 Å². The molecule has 1 N–H and O–H groups in total. The van der Waals surface area contributed by atoms with Gasteiger partial charge in [-0.1, -0.05) is 37.6 Å². The molecule has 0 spiro atoms. The highest BCUT2D eigenvalue weighted by Gasteiger charge is 2.33. The second-order valence-electron chi connectivity index (χ2n) is 8.00. The van der Waals surface area contributed by atoms with Gasteiger partial charge >= 0.3 is 0 Å². The molecular weight excluding hydrogens is 386 g/mol. The van der Waals surface area contributed by atoms with Crippen molar-refractivity contribution in [2.24, 2.45) is 11.8 Å². The van der Waals surface area contributed by atoms with Crippen molar-refractivity contribution in [3.63, 3.8) is 0 Å². The molecule has 0 bridgehead atoms. The molecule has 27 heavy (non-hydrogen) atoms. The van der Waals surface area contributed by atoms with Crippen molar-refractivity contribution >= 4 is 27.5 Å². The summed E-state index contributed by atoms with van der Waals surface area (Å²) in [4.78, 5) is 16.0. The van der Waals surface area contributed by atoms with E-state index in [0.29, 0.717) is 44.6 Å². The summed E-state index contributed by atoms with van der Waals surface area (Å²) in [7, 11) is -3.63. The van der Waals surface area contributed by atoms with E-state index in [2.05, 4.69) is 13.8 Å². The highest BCUT2D eigenvalue weighted by Crippen LogP contribution is 2.25. The Labute approximate surface area is 167 Å². The molecule has 2 fully saturated rings. The summed E-state index contributed by atoms with van der Waals surface area (Å²) in [5.41, 5.74) is 0. The zero-order chi connectivity index (χ0) is 19.6. The lowest BCUT2D eigenvalue weighted by atomic mass is 9.92. The van der Waals surface area contributed by atoms with E-state index in [-0.39, 0.29) is 15.8 Å². The van der Waals surface area contributed by atoms with Gasteiger partial charge in [-0.3, -0.25) is 4.79 Å². The number of sulfonamides is 1. The number of nitrogens with zero attached hydrogens (tertiary/aromatic N) is 2. The first-order chi connectivity index (χ1) is 12.8. The minimum Gasteiger partial charge on any atom is -0.335 e. The van der Waals surface area contributed by atoms with Gasteiger partial charge in [0.2, 0.25) is 10.0 Å². The average molecular weight is 415 g/mol. The van der Waals surface area contributed by atoms with Gasteiger partial charge in [-0.2, -0.15) is 4.31 Å². The molecule has 8 heteroatoms. The van der Waals surface area contributed by atoms with Crippen LogP contribution < -0.4 is 4.90 Å². The van der Waals surface area contributed by atoms with Crippen LogP contribution in [-0.4, -0.2) is 69.3 Å². The van der Waals surface area contributed by atoms with E-state index < -0.39 is 10.0 Å². The summed E-state index contributed by atoms with van der Waals surface area (Å²) >= 11 is 6.07. The van der Waals surface area contributed by atoms with Crippen LogP contribution in [0.25, 0.3) is 0 Å². The summed E-state index contributed by atoms with van der Waals surface area (Å²) in [6, 6.07) is 6.49. The molecule has 0 aromatic heterocycles. The Morgan fingerprint density at radius 2 is 1.70 bits per heavy atom. The number of carbonyl (C=O) groups excluding carboxylic acids is 1. The highest BCUT2D eigenvalue weighted by molar-refractivity contribution is 7.89. The van der Waals surface area contributed by atoms with Gasteiger partial charge in [0, 0.05) is 38.0 Å². The fourth-order valence-corrected chi connectivity index (χ4v) is 6.28. The molecule has 2 saturated heterocycles. The van der Waals surface area contributed by atoms with E-state index in [4.69, 9.17) is 11.6 Å². The first kappa shape index (κ1) is 20.6. The number of rotatable bonds is 4. The third kappa shape index (κ3) is 4.83. The molecule has 2 heterocycles. The topological polar surface area (TPSA) is 62.1 Å². The van der Waals surface area contributed by atoms with Crippen molar-refractivity contribution in [2.75, 3.05) is 45.8 Å². The molecule has 1 aromatic carbocycles. The number of benzene rings is 1. The van der Waals surface area contributed by atoms with Crippen LogP contribution in [0.2, 0.25) is 5.02 Å². The van der Waals surface area contributed by atoms with Crippen molar-refractivity contribution in [1.82, 2.24) is 9.21 Å². The van der Waals surface area contributed by atoms with Crippen LogP contribution in [0.15, 0.2) is 29.2 Å². The number of amides is 1. The summed E-state index contributed by atoms with van der Waals surface area (Å²) in [5.74, 6) is 1.42. The van der Waals surface area contributed by atoms with Gasteiger partial charge in [-0.25, -0.2) is 8.42 Å². The predicted octanol–water partition coefficient (Wildman–Crippen LogP) is 0.734. The fourth-order valence-electron chi connectivity index (χ4n) is 4.36. The second kappa shape index (κ2) is 8.47. The number of halogens is 1. The van der Waals surface area contributed by atoms with Crippen LogP contribution in [0.4, 0.5) is 0 Å². The zero-order valence-electron chi connectivity index (χ0n) is 16.0. The van der Waals surface area contributed by atoms with Crippen molar-refractivity contribution in [3.8, 4) is 0 Å². The second-order valence-corrected chi connectivity index (χ2v) is 10.3. The minimum atomic E-state index is -3.63. The molecule has 0 unspecified atom stereocenters. The Balaban J connectivity index is 1.57. The molecule has 2 aliphatic heterocycles. The minimum absolute atomic E-state index is 0.126. The number of hydrogen-bond donors (Lipinski definition) is 1. The zero-order valence-corrected chi connectivity index (χ0v) is 17.6. The van der Waals surface area contributed by atoms with E-state index in [9.17, 15) is 13.2 Å². The van der Waals surface area contributed by atoms with Crippen LogP contribution in [0, 0.1) is 11.8 Å². The Bertz CT molecular complexity index is 768. The van der Waals surface area contributed by atoms with Gasteiger partial charge < -0.3 is 9.80 Å². The first-order valence-corrected chi connectivity index (χ1v) is 11.4. The lowest BCUT2D eigenvalue weighted by Crippen LogP contribution is -3.15. The third-order valence-electron chi connectivity index (χ3n) is 5.53. The normalized spacial score (nSPS) is 27.5. The standard InChI is InChI=1S/C19H28ClN3O3S/c1-15-11-16(2)13-21(12-15)14-19(24)22-7-9-23(10-8-22)27(25,26)18-6-4-3-5-17(18)20/h3-6,15-16H,7-14H2,1-2H3/p+1/t15-,16-/m1/s1. The van der Waals surface area contributed by atoms with Crippen LogP contribution in [0.5, 0.6) is 0 Å². The number of nitrogens with one attached hydrogen (secondary N) is 1. The van der Waals surface area contributed by atoms with Gasteiger partial charge in [0.15, 0.2) is 6.54 Å². The molecule has 150 valence electrons. The van der Waals surface area contributed by atoms with Crippen LogP contribution in [0.3, 0.4) is 0 Å². The third-order valence-corrected chi connectivity index (χ3v) is 7.92. The molecular formula is C19H29ClN3O3S+. The molecule has 0 radical (unpaired) electrons. The smallest absolute Gasteiger partial charge is 0.277 e. The number of piperazine rings is 1. The molecule has 3 rings (SSSR count). The SMILES string of the molecule is C[C@@H]1C[C@@H](C)C[NH+](CC(=O)N2CCN(S(=O)(=O)c3ccccc3Cl)CC2)C1. The summed E-state index contributed by atoms with van der Waals surface area (Å²) in [6.07, 6.45) is 1.23. The highest BCUT2D eigenvalue weighted by atomic mass is 35.5. The van der Waals surface area contributed by atoms with Gasteiger partial charge in [-0.05, 0) is 18.6 Å². The summed E-state index contributed by atoms with van der Waals surface area (Å²) < 4.78 is 27.0. The van der Waals surface area contributed by atoms with Crippen molar-refractivity contribution in [1.29, 1.82) is 0 Å². The molecule has 2 atom stereocenters. The Morgan fingerprint density at radius 3 is 2.30 bits per heavy atom. The van der Waals surface area contributed by atoms with E-state index in [0.717, 1.165) is 13.1 Å². The molecule has 1 amide bonds. The number of piperidine rings is 1. The van der Waals surface area contributed by atoms with E-state index in [1.165, 1.54) is 21.7 Å². The maximum Gasteiger partial charge on any atom is 0.277 e. The predicted molar refractivity (Wildman–Crippen MR) is 105 cm³/mol. The Hall–Kier alpha value is -1.15. The van der Waals surface area contributed by atoms with Crippen LogP contribution in [0.1, 0.15) is 20.3 Å². The van der Waals surface area contributed by atoms with Crippen LogP contribution >= 0.6 is 11.6 Å². The Kier molecular flexibility index (Phi) is 6.46. The monoisotopic (exact) mass is 414 g/mol. The Morgan fingerprint density at radius 1 is 1.11 bits per heavy atom. The molecule has 0 aliphatic carbocycles. The van der Waals surface area contributed by atoms with Gasteiger partial charge in [0.25, 0.3) is 5.91 Å². The van der Waals surface area contributed by atoms with Crippen molar-refractivity contribution < 1.29 is 18.1 Å². The number of carbonyl (C=O) groups is 1. The summed E-state index contributed by atoms with van der Waals surface area (Å²) in [5, 5.41) is 0.230. The van der Waals surface area contributed by atoms with Gasteiger partial charge in [0.1, 0.15) is 4.90 Å².